The Morgan fingerprint density at radius 1 is 1.33 bits per heavy atom. The van der Waals surface area contributed by atoms with Gasteiger partial charge in [-0.05, 0) is 46.6 Å². The summed E-state index contributed by atoms with van der Waals surface area (Å²) in [5.41, 5.74) is -2.44. The Morgan fingerprint density at radius 2 is 2.00 bits per heavy atom. The fraction of sp³-hybridized carbons (Fsp3) is 0.500. The number of hydrogen-bond donors (Lipinski definition) is 1. The number of rotatable bonds is 5. The second kappa shape index (κ2) is 7.55. The molecule has 1 aliphatic carbocycles. The molecule has 3 aromatic rings. The van der Waals surface area contributed by atoms with Crippen molar-refractivity contribution >= 4 is 37.7 Å². The lowest BCUT2D eigenvalue weighted by Crippen LogP contribution is -2.47. The minimum atomic E-state index is -4.33. The normalized spacial score (nSPS) is 15.5. The zero-order valence-electron chi connectivity index (χ0n) is 18.9. The van der Waals surface area contributed by atoms with Gasteiger partial charge in [0.1, 0.15) is 14.6 Å². The highest BCUT2D eigenvalue weighted by atomic mass is 32.2. The molecule has 13 heteroatoms. The average molecular weight is 496 g/mol. The number of aryl methyl sites for hydroxylation is 1. The molecule has 33 heavy (non-hydrogen) atoms. The molecule has 1 saturated carbocycles. The largest absolute Gasteiger partial charge is 0.443 e. The summed E-state index contributed by atoms with van der Waals surface area (Å²) >= 11 is 0.737. The molecule has 0 radical (unpaired) electrons. The molecule has 0 bridgehead atoms. The number of nitrogens with zero attached hydrogens (tertiary/aromatic N) is 4. The van der Waals surface area contributed by atoms with Gasteiger partial charge in [-0.15, -0.1) is 11.3 Å². The summed E-state index contributed by atoms with van der Waals surface area (Å²) in [6.07, 6.45) is 3.25. The van der Waals surface area contributed by atoms with Crippen LogP contribution in [0.2, 0.25) is 0 Å². The molecule has 3 aromatic heterocycles. The standard InChI is InChI=1S/C20H25N5O6S2/c1-19(2,3)31-18(28)25(20(4)6-7-20)33(29,30)14-8-13-15(32-14)22-17(27)24(16(13)26)11-12-9-21-23(5)10-12/h8-10H,6-7,11H2,1-5H3,(H,22,27). The first-order chi connectivity index (χ1) is 15.2. The maximum absolute atomic E-state index is 13.5. The van der Waals surface area contributed by atoms with Gasteiger partial charge in [0.25, 0.3) is 15.6 Å². The molecule has 0 aromatic carbocycles. The van der Waals surface area contributed by atoms with Crippen LogP contribution in [0.4, 0.5) is 4.79 Å². The molecule has 4 rings (SSSR count). The van der Waals surface area contributed by atoms with E-state index in [0.29, 0.717) is 18.4 Å². The zero-order chi connectivity index (χ0) is 24.3. The van der Waals surface area contributed by atoms with E-state index in [1.54, 1.807) is 45.6 Å². The quantitative estimate of drug-likeness (QED) is 0.572. The van der Waals surface area contributed by atoms with Crippen molar-refractivity contribution in [1.29, 1.82) is 0 Å². The Hall–Kier alpha value is -2.93. The van der Waals surface area contributed by atoms with E-state index in [1.165, 1.54) is 12.3 Å². The molecule has 1 aliphatic rings. The van der Waals surface area contributed by atoms with E-state index >= 15 is 0 Å². The first-order valence-corrected chi connectivity index (χ1v) is 12.5. The van der Waals surface area contributed by atoms with Crippen LogP contribution in [0.1, 0.15) is 46.1 Å². The summed E-state index contributed by atoms with van der Waals surface area (Å²) in [5, 5.41) is 4.07. The van der Waals surface area contributed by atoms with Gasteiger partial charge in [-0.1, -0.05) is 0 Å². The van der Waals surface area contributed by atoms with Gasteiger partial charge in [0.2, 0.25) is 0 Å². The molecule has 0 saturated heterocycles. The molecule has 1 fully saturated rings. The van der Waals surface area contributed by atoms with Crippen LogP contribution in [0, 0.1) is 0 Å². The van der Waals surface area contributed by atoms with E-state index < -0.39 is 38.5 Å². The van der Waals surface area contributed by atoms with Gasteiger partial charge >= 0.3 is 11.8 Å². The van der Waals surface area contributed by atoms with Gasteiger partial charge in [0.05, 0.1) is 23.7 Å². The fourth-order valence-electron chi connectivity index (χ4n) is 3.42. The molecule has 0 atom stereocenters. The molecule has 11 nitrogen and oxygen atoms in total. The number of thiophene rings is 1. The number of aromatic nitrogens is 4. The SMILES string of the molecule is Cn1cc(Cn2c(=O)[nH]c3sc(S(=O)(=O)N(C(=O)OC(C)(C)C)C4(C)CC4)cc3c2=O)cn1. The Labute approximate surface area is 193 Å². The summed E-state index contributed by atoms with van der Waals surface area (Å²) in [6, 6.07) is 1.20. The second-order valence-electron chi connectivity index (χ2n) is 9.40. The van der Waals surface area contributed by atoms with Crippen LogP contribution < -0.4 is 11.2 Å². The third kappa shape index (κ3) is 4.34. The molecular formula is C20H25N5O6S2. The van der Waals surface area contributed by atoms with Crippen LogP contribution in [-0.4, -0.2) is 49.3 Å². The van der Waals surface area contributed by atoms with E-state index in [1.807, 2.05) is 0 Å². The molecule has 0 spiro atoms. The lowest BCUT2D eigenvalue weighted by atomic mass is 10.2. The molecule has 178 valence electrons. The molecule has 3 heterocycles. The van der Waals surface area contributed by atoms with Gasteiger partial charge < -0.3 is 4.74 Å². The highest BCUT2D eigenvalue weighted by Gasteiger charge is 2.54. The molecule has 0 unspecified atom stereocenters. The monoisotopic (exact) mass is 495 g/mol. The van der Waals surface area contributed by atoms with E-state index in [9.17, 15) is 22.8 Å². The smallest absolute Gasteiger partial charge is 0.424 e. The number of carbonyl (C=O) groups is 1. The number of carbonyl (C=O) groups excluding carboxylic acids is 1. The topological polar surface area (TPSA) is 136 Å². The number of fused-ring (bicyclic) bond motifs is 1. The van der Waals surface area contributed by atoms with Crippen molar-refractivity contribution < 1.29 is 17.9 Å². The van der Waals surface area contributed by atoms with Gasteiger partial charge in [-0.3, -0.25) is 19.0 Å². The van der Waals surface area contributed by atoms with E-state index in [-0.39, 0.29) is 21.0 Å². The maximum atomic E-state index is 13.5. The number of hydrogen-bond acceptors (Lipinski definition) is 8. The zero-order valence-corrected chi connectivity index (χ0v) is 20.5. The summed E-state index contributed by atoms with van der Waals surface area (Å²) in [7, 11) is -2.62. The molecular weight excluding hydrogens is 470 g/mol. The number of amides is 1. The Morgan fingerprint density at radius 3 is 2.55 bits per heavy atom. The van der Waals surface area contributed by atoms with E-state index in [2.05, 4.69) is 10.1 Å². The number of sulfonamides is 1. The molecule has 1 amide bonds. The lowest BCUT2D eigenvalue weighted by Gasteiger charge is -2.30. The first kappa shape index (κ1) is 23.2. The third-order valence-electron chi connectivity index (χ3n) is 5.27. The second-order valence-corrected chi connectivity index (χ2v) is 12.5. The maximum Gasteiger partial charge on any atom is 0.424 e. The summed E-state index contributed by atoms with van der Waals surface area (Å²) in [4.78, 5) is 41.1. The minimum Gasteiger partial charge on any atom is -0.443 e. The summed E-state index contributed by atoms with van der Waals surface area (Å²) < 4.78 is 35.5. The van der Waals surface area contributed by atoms with E-state index in [4.69, 9.17) is 4.74 Å². The van der Waals surface area contributed by atoms with Gasteiger partial charge in [0.15, 0.2) is 0 Å². The summed E-state index contributed by atoms with van der Waals surface area (Å²) in [5.74, 6) is 0. The van der Waals surface area contributed by atoms with Crippen molar-refractivity contribution in [3.8, 4) is 0 Å². The van der Waals surface area contributed by atoms with Crippen LogP contribution in [0.3, 0.4) is 0 Å². The van der Waals surface area contributed by atoms with Crippen LogP contribution in [-0.2, 0) is 28.4 Å². The lowest BCUT2D eigenvalue weighted by molar-refractivity contribution is 0.0332. The van der Waals surface area contributed by atoms with Crippen molar-refractivity contribution in [2.75, 3.05) is 0 Å². The molecule has 0 aliphatic heterocycles. The fourth-order valence-corrected chi connectivity index (χ4v) is 6.53. The van der Waals surface area contributed by atoms with Gasteiger partial charge in [0, 0.05) is 18.8 Å². The number of nitrogens with one attached hydrogen (secondary N) is 1. The van der Waals surface area contributed by atoms with Gasteiger partial charge in [-0.25, -0.2) is 9.59 Å². The molecule has 1 N–H and O–H groups in total. The van der Waals surface area contributed by atoms with Crippen LogP contribution >= 0.6 is 11.3 Å². The Bertz CT molecular complexity index is 1470. The van der Waals surface area contributed by atoms with Crippen LogP contribution in [0.15, 0.2) is 32.3 Å². The summed E-state index contributed by atoms with van der Waals surface area (Å²) in [6.45, 7) is 6.61. The van der Waals surface area contributed by atoms with E-state index in [0.717, 1.165) is 20.2 Å². The minimum absolute atomic E-state index is 0.0159. The highest BCUT2D eigenvalue weighted by Crippen LogP contribution is 2.45. The predicted octanol–water partition coefficient (Wildman–Crippen LogP) is 2.01. The van der Waals surface area contributed by atoms with Crippen molar-refractivity contribution in [3.05, 3.63) is 44.9 Å². The van der Waals surface area contributed by atoms with Gasteiger partial charge in [-0.2, -0.15) is 17.8 Å². The van der Waals surface area contributed by atoms with Crippen molar-refractivity contribution in [1.82, 2.24) is 23.6 Å². The van der Waals surface area contributed by atoms with Crippen molar-refractivity contribution in [3.63, 3.8) is 0 Å². The number of ether oxygens (including phenoxy) is 1. The van der Waals surface area contributed by atoms with Crippen LogP contribution in [0.5, 0.6) is 0 Å². The number of H-pyrrole nitrogens is 1. The highest BCUT2D eigenvalue weighted by molar-refractivity contribution is 7.92. The third-order valence-corrected chi connectivity index (χ3v) is 8.69. The van der Waals surface area contributed by atoms with Crippen LogP contribution in [0.25, 0.3) is 10.2 Å². The average Bonchev–Trinajstić information content (AvgIpc) is 3.07. The van der Waals surface area contributed by atoms with Crippen molar-refractivity contribution in [2.45, 2.75) is 62.4 Å². The Kier molecular flexibility index (Phi) is 5.32. The Balaban J connectivity index is 1.78. The predicted molar refractivity (Wildman–Crippen MR) is 122 cm³/mol. The number of aromatic amines is 1. The van der Waals surface area contributed by atoms with Crippen molar-refractivity contribution in [2.24, 2.45) is 7.05 Å². The first-order valence-electron chi connectivity index (χ1n) is 10.2.